The summed E-state index contributed by atoms with van der Waals surface area (Å²) in [7, 11) is 0. The van der Waals surface area contributed by atoms with E-state index in [-0.39, 0.29) is 0 Å². The van der Waals surface area contributed by atoms with Crippen molar-refractivity contribution in [2.75, 3.05) is 0 Å². The first-order chi connectivity index (χ1) is 8.95. The van der Waals surface area contributed by atoms with Crippen molar-refractivity contribution >= 4 is 27.7 Å². The third-order valence-corrected chi connectivity index (χ3v) is 4.20. The molecule has 0 bridgehead atoms. The van der Waals surface area contributed by atoms with Crippen LogP contribution in [0.15, 0.2) is 44.7 Å². The molecule has 1 atom stereocenters. The zero-order chi connectivity index (χ0) is 14.0. The van der Waals surface area contributed by atoms with Gasteiger partial charge in [0.1, 0.15) is 5.03 Å². The first-order valence-electron chi connectivity index (χ1n) is 6.06. The van der Waals surface area contributed by atoms with Crippen molar-refractivity contribution < 1.29 is 5.11 Å². The predicted molar refractivity (Wildman–Crippen MR) is 82.6 cm³/mol. The first-order valence-corrected chi connectivity index (χ1v) is 7.67. The van der Waals surface area contributed by atoms with Gasteiger partial charge < -0.3 is 5.11 Å². The van der Waals surface area contributed by atoms with Gasteiger partial charge in [0.2, 0.25) is 0 Å². The van der Waals surface area contributed by atoms with Crippen molar-refractivity contribution in [3.8, 4) is 0 Å². The molecule has 0 spiro atoms. The van der Waals surface area contributed by atoms with E-state index >= 15 is 0 Å². The van der Waals surface area contributed by atoms with Crippen LogP contribution in [0.4, 0.5) is 0 Å². The topological polar surface area (TPSA) is 33.1 Å². The van der Waals surface area contributed by atoms with Crippen LogP contribution in [-0.2, 0) is 0 Å². The van der Waals surface area contributed by atoms with Gasteiger partial charge in [0.15, 0.2) is 0 Å². The van der Waals surface area contributed by atoms with Crippen molar-refractivity contribution in [3.05, 3.63) is 51.6 Å². The number of hydrogen-bond donors (Lipinski definition) is 1. The fourth-order valence-corrected chi connectivity index (χ4v) is 3.63. The Labute approximate surface area is 126 Å². The highest BCUT2D eigenvalue weighted by Crippen LogP contribution is 2.34. The van der Waals surface area contributed by atoms with E-state index in [0.29, 0.717) is 0 Å². The quantitative estimate of drug-likeness (QED) is 0.883. The summed E-state index contributed by atoms with van der Waals surface area (Å²) in [5.74, 6) is 0. The number of hydrogen-bond acceptors (Lipinski definition) is 3. The summed E-state index contributed by atoms with van der Waals surface area (Å²) >= 11 is 5.06. The average Bonchev–Trinajstić information content (AvgIpc) is 2.26. The van der Waals surface area contributed by atoms with Crippen LogP contribution in [0.3, 0.4) is 0 Å². The lowest BCUT2D eigenvalue weighted by Gasteiger charge is -2.12. The molecule has 0 saturated heterocycles. The fraction of sp³-hybridized carbons (Fsp3) is 0.267. The molecule has 0 amide bonds. The van der Waals surface area contributed by atoms with Crippen molar-refractivity contribution in [3.63, 3.8) is 0 Å². The molecular weight excluding hydrogens is 322 g/mol. The molecule has 100 valence electrons. The minimum atomic E-state index is -0.485. The average molecular weight is 338 g/mol. The van der Waals surface area contributed by atoms with Crippen molar-refractivity contribution in [1.82, 2.24) is 4.98 Å². The minimum absolute atomic E-state index is 0.485. The molecule has 1 aromatic heterocycles. The number of aliphatic hydroxyl groups is 1. The van der Waals surface area contributed by atoms with Gasteiger partial charge in [0, 0.05) is 15.1 Å². The molecule has 0 aliphatic carbocycles. The molecule has 1 heterocycles. The lowest BCUT2D eigenvalue weighted by Crippen LogP contribution is -1.95. The van der Waals surface area contributed by atoms with Gasteiger partial charge in [-0.2, -0.15) is 0 Å². The van der Waals surface area contributed by atoms with Gasteiger partial charge in [0.05, 0.1) is 6.10 Å². The molecule has 1 aromatic carbocycles. The Balaban J connectivity index is 2.39. The number of aliphatic hydroxyl groups excluding tert-OH is 1. The highest BCUT2D eigenvalue weighted by Gasteiger charge is 2.11. The van der Waals surface area contributed by atoms with Crippen LogP contribution in [0.5, 0.6) is 0 Å². The molecule has 19 heavy (non-hydrogen) atoms. The number of aryl methyl sites for hydroxylation is 2. The Morgan fingerprint density at radius 2 is 1.95 bits per heavy atom. The van der Waals surface area contributed by atoms with Crippen LogP contribution < -0.4 is 0 Å². The molecule has 2 aromatic rings. The Bertz CT molecular complexity index is 578. The van der Waals surface area contributed by atoms with E-state index < -0.39 is 6.10 Å². The van der Waals surface area contributed by atoms with E-state index in [1.807, 2.05) is 25.1 Å². The van der Waals surface area contributed by atoms with Crippen LogP contribution in [0.2, 0.25) is 0 Å². The standard InChI is InChI=1S/C15H16BrNOS/c1-9-6-10(2)17-15(7-9)19-14-8-12(16)4-5-13(14)11(3)18/h4-8,11,18H,1-3H3. The maximum absolute atomic E-state index is 9.83. The molecule has 2 rings (SSSR count). The molecule has 0 saturated carbocycles. The minimum Gasteiger partial charge on any atom is -0.389 e. The van der Waals surface area contributed by atoms with Crippen molar-refractivity contribution in [2.45, 2.75) is 36.8 Å². The van der Waals surface area contributed by atoms with Gasteiger partial charge in [-0.05, 0) is 56.2 Å². The third kappa shape index (κ3) is 3.81. The van der Waals surface area contributed by atoms with Crippen LogP contribution in [0.25, 0.3) is 0 Å². The first kappa shape index (κ1) is 14.6. The van der Waals surface area contributed by atoms with E-state index in [9.17, 15) is 5.11 Å². The monoisotopic (exact) mass is 337 g/mol. The van der Waals surface area contributed by atoms with E-state index in [2.05, 4.69) is 40.0 Å². The predicted octanol–water partition coefficient (Wildman–Crippen LogP) is 4.67. The maximum atomic E-state index is 9.83. The second-order valence-corrected chi connectivity index (χ2v) is 6.56. The molecule has 1 unspecified atom stereocenters. The maximum Gasteiger partial charge on any atom is 0.101 e. The summed E-state index contributed by atoms with van der Waals surface area (Å²) in [6.07, 6.45) is -0.485. The third-order valence-electron chi connectivity index (χ3n) is 2.71. The van der Waals surface area contributed by atoms with Crippen LogP contribution in [0, 0.1) is 13.8 Å². The highest BCUT2D eigenvalue weighted by molar-refractivity contribution is 9.10. The van der Waals surface area contributed by atoms with Gasteiger partial charge in [-0.15, -0.1) is 0 Å². The summed E-state index contributed by atoms with van der Waals surface area (Å²) in [6, 6.07) is 10.0. The van der Waals surface area contributed by atoms with E-state index in [0.717, 1.165) is 25.7 Å². The van der Waals surface area contributed by atoms with Crippen LogP contribution in [-0.4, -0.2) is 10.1 Å². The molecule has 1 N–H and O–H groups in total. The number of benzene rings is 1. The lowest BCUT2D eigenvalue weighted by molar-refractivity contribution is 0.196. The van der Waals surface area contributed by atoms with Gasteiger partial charge in [-0.3, -0.25) is 0 Å². The summed E-state index contributed by atoms with van der Waals surface area (Å²) in [4.78, 5) is 5.55. The second kappa shape index (κ2) is 6.07. The number of nitrogens with zero attached hydrogens (tertiary/aromatic N) is 1. The van der Waals surface area contributed by atoms with E-state index in [1.165, 1.54) is 5.56 Å². The summed E-state index contributed by atoms with van der Waals surface area (Å²) in [6.45, 7) is 5.84. The van der Waals surface area contributed by atoms with Gasteiger partial charge in [0.25, 0.3) is 0 Å². The van der Waals surface area contributed by atoms with Gasteiger partial charge in [-0.1, -0.05) is 33.8 Å². The van der Waals surface area contributed by atoms with Crippen LogP contribution in [0.1, 0.15) is 29.8 Å². The van der Waals surface area contributed by atoms with Crippen LogP contribution >= 0.6 is 27.7 Å². The molecular formula is C15H16BrNOS. The molecule has 0 aliphatic heterocycles. The number of halogens is 1. The van der Waals surface area contributed by atoms with E-state index in [4.69, 9.17) is 0 Å². The largest absolute Gasteiger partial charge is 0.389 e. The van der Waals surface area contributed by atoms with Gasteiger partial charge in [-0.25, -0.2) is 4.98 Å². The number of aromatic nitrogens is 1. The smallest absolute Gasteiger partial charge is 0.101 e. The summed E-state index contributed by atoms with van der Waals surface area (Å²) in [5, 5.41) is 10.8. The fourth-order valence-electron chi connectivity index (χ4n) is 1.91. The van der Waals surface area contributed by atoms with Crippen molar-refractivity contribution in [1.29, 1.82) is 0 Å². The highest BCUT2D eigenvalue weighted by atomic mass is 79.9. The Hall–Kier alpha value is -0.840. The molecule has 0 aliphatic rings. The normalized spacial score (nSPS) is 12.5. The zero-order valence-electron chi connectivity index (χ0n) is 11.1. The molecule has 4 heteroatoms. The summed E-state index contributed by atoms with van der Waals surface area (Å²) < 4.78 is 1.00. The van der Waals surface area contributed by atoms with E-state index in [1.54, 1.807) is 18.7 Å². The van der Waals surface area contributed by atoms with Gasteiger partial charge >= 0.3 is 0 Å². The second-order valence-electron chi connectivity index (χ2n) is 4.58. The summed E-state index contributed by atoms with van der Waals surface area (Å²) in [5.41, 5.74) is 3.13. The Morgan fingerprint density at radius 3 is 2.58 bits per heavy atom. The SMILES string of the molecule is Cc1cc(C)nc(Sc2cc(Br)ccc2C(C)O)c1. The zero-order valence-corrected chi connectivity index (χ0v) is 13.5. The number of pyridine rings is 1. The molecule has 2 nitrogen and oxygen atoms in total. The van der Waals surface area contributed by atoms with Crippen molar-refractivity contribution in [2.24, 2.45) is 0 Å². The Morgan fingerprint density at radius 1 is 1.21 bits per heavy atom. The Kier molecular flexibility index (Phi) is 4.66. The molecule has 0 fully saturated rings. The number of rotatable bonds is 3. The lowest BCUT2D eigenvalue weighted by atomic mass is 10.1. The molecule has 0 radical (unpaired) electrons.